The SMILES string of the molecule is COC(=O)c1cc2c3cccccc3c3cccc(c1=O)c32. The number of hydrogen-bond acceptors (Lipinski definition) is 3. The maximum absolute atomic E-state index is 12.6. The molecule has 4 aromatic rings. The average Bonchev–Trinajstić information content (AvgIpc) is 2.71. The Morgan fingerprint density at radius 1 is 0.818 bits per heavy atom. The van der Waals surface area contributed by atoms with Gasteiger partial charge in [-0.1, -0.05) is 48.5 Å². The number of benzene rings is 2. The zero-order valence-corrected chi connectivity index (χ0v) is 11.9. The minimum absolute atomic E-state index is 0.0847. The summed E-state index contributed by atoms with van der Waals surface area (Å²) < 4.78 is 4.75. The Morgan fingerprint density at radius 2 is 1.45 bits per heavy atom. The van der Waals surface area contributed by atoms with E-state index in [0.717, 1.165) is 26.9 Å². The summed E-state index contributed by atoms with van der Waals surface area (Å²) in [5, 5.41) is 5.54. The average molecular weight is 288 g/mol. The van der Waals surface area contributed by atoms with E-state index in [2.05, 4.69) is 0 Å². The normalized spacial score (nSPS) is 11.3. The number of esters is 1. The minimum Gasteiger partial charge on any atom is -0.465 e. The molecule has 4 aromatic carbocycles. The lowest BCUT2D eigenvalue weighted by atomic mass is 10.0. The molecule has 4 rings (SSSR count). The van der Waals surface area contributed by atoms with Crippen molar-refractivity contribution in [1.29, 1.82) is 0 Å². The van der Waals surface area contributed by atoms with Gasteiger partial charge in [0.2, 0.25) is 5.43 Å². The summed E-state index contributed by atoms with van der Waals surface area (Å²) in [6.07, 6.45) is 0. The first kappa shape index (κ1) is 12.8. The molecule has 22 heavy (non-hydrogen) atoms. The number of carbonyl (C=O) groups excluding carboxylic acids is 1. The monoisotopic (exact) mass is 288 g/mol. The molecule has 0 bridgehead atoms. The number of hydrogen-bond donors (Lipinski definition) is 0. The summed E-state index contributed by atoms with van der Waals surface area (Å²) in [7, 11) is 1.29. The molecule has 3 nitrogen and oxygen atoms in total. The van der Waals surface area contributed by atoms with Crippen molar-refractivity contribution in [3.63, 3.8) is 0 Å². The van der Waals surface area contributed by atoms with Gasteiger partial charge in [-0.15, -0.1) is 0 Å². The molecule has 0 heterocycles. The summed E-state index contributed by atoms with van der Waals surface area (Å²) in [5.41, 5.74) is -0.189. The molecule has 106 valence electrons. The first-order valence-electron chi connectivity index (χ1n) is 7.00. The van der Waals surface area contributed by atoms with Crippen LogP contribution in [0.4, 0.5) is 0 Å². The van der Waals surface area contributed by atoms with Gasteiger partial charge in [0.25, 0.3) is 0 Å². The molecular weight excluding hydrogens is 276 g/mol. The van der Waals surface area contributed by atoms with Crippen LogP contribution in [0.25, 0.3) is 32.3 Å². The molecule has 0 N–H and O–H groups in total. The van der Waals surface area contributed by atoms with E-state index in [0.29, 0.717) is 5.39 Å². The number of ether oxygens (including phenoxy) is 1. The fourth-order valence-corrected chi connectivity index (χ4v) is 3.17. The van der Waals surface area contributed by atoms with Crippen LogP contribution in [-0.4, -0.2) is 13.1 Å². The fourth-order valence-electron chi connectivity index (χ4n) is 3.17. The number of methoxy groups -OCH3 is 1. The summed E-state index contributed by atoms with van der Waals surface area (Å²) in [4.78, 5) is 24.5. The van der Waals surface area contributed by atoms with E-state index < -0.39 is 5.97 Å². The maximum Gasteiger partial charge on any atom is 0.341 e. The zero-order chi connectivity index (χ0) is 15.3. The van der Waals surface area contributed by atoms with Gasteiger partial charge in [-0.3, -0.25) is 4.79 Å². The van der Waals surface area contributed by atoms with E-state index in [1.54, 1.807) is 12.1 Å². The molecule has 0 aromatic heterocycles. The first-order valence-corrected chi connectivity index (χ1v) is 7.00. The van der Waals surface area contributed by atoms with Crippen molar-refractivity contribution in [2.45, 2.75) is 0 Å². The molecule has 3 heteroatoms. The second kappa shape index (κ2) is 4.53. The second-order valence-electron chi connectivity index (χ2n) is 5.26. The van der Waals surface area contributed by atoms with Crippen LogP contribution in [0.2, 0.25) is 0 Å². The van der Waals surface area contributed by atoms with Gasteiger partial charge in [-0.25, -0.2) is 4.79 Å². The molecule has 0 saturated heterocycles. The van der Waals surface area contributed by atoms with Crippen LogP contribution in [0.3, 0.4) is 0 Å². The summed E-state index contributed by atoms with van der Waals surface area (Å²) in [6, 6.07) is 17.2. The predicted octanol–water partition coefficient (Wildman–Crippen LogP) is 3.73. The molecular formula is C19H12O3. The molecule has 0 aliphatic carbocycles. The van der Waals surface area contributed by atoms with Crippen molar-refractivity contribution in [2.24, 2.45) is 0 Å². The van der Waals surface area contributed by atoms with Crippen LogP contribution in [0.1, 0.15) is 10.4 Å². The quantitative estimate of drug-likeness (QED) is 0.501. The summed E-state index contributed by atoms with van der Waals surface area (Å²) >= 11 is 0. The number of rotatable bonds is 1. The molecule has 0 aliphatic heterocycles. The van der Waals surface area contributed by atoms with Gasteiger partial charge in [0, 0.05) is 10.8 Å². The smallest absolute Gasteiger partial charge is 0.341 e. The lowest BCUT2D eigenvalue weighted by molar-refractivity contribution is 0.0599. The van der Waals surface area contributed by atoms with E-state index in [1.165, 1.54) is 7.11 Å². The molecule has 0 fully saturated rings. The molecule has 0 aliphatic rings. The van der Waals surface area contributed by atoms with Crippen LogP contribution in [-0.2, 0) is 4.74 Å². The third-order valence-electron chi connectivity index (χ3n) is 4.14. The van der Waals surface area contributed by atoms with Crippen LogP contribution >= 0.6 is 0 Å². The highest BCUT2D eigenvalue weighted by molar-refractivity contribution is 6.30. The molecule has 0 amide bonds. The highest BCUT2D eigenvalue weighted by Crippen LogP contribution is 2.36. The van der Waals surface area contributed by atoms with E-state index in [-0.39, 0.29) is 11.0 Å². The molecule has 0 radical (unpaired) electrons. The Morgan fingerprint density at radius 3 is 2.18 bits per heavy atom. The van der Waals surface area contributed by atoms with Gasteiger partial charge in [-0.05, 0) is 27.6 Å². The van der Waals surface area contributed by atoms with Crippen molar-refractivity contribution >= 4 is 38.3 Å². The van der Waals surface area contributed by atoms with Crippen LogP contribution in [0.15, 0.2) is 59.4 Å². The van der Waals surface area contributed by atoms with Crippen LogP contribution < -0.4 is 5.43 Å². The van der Waals surface area contributed by atoms with Crippen molar-refractivity contribution in [2.75, 3.05) is 7.11 Å². The Bertz CT molecular complexity index is 1100. The first-order chi connectivity index (χ1) is 10.7. The van der Waals surface area contributed by atoms with Gasteiger partial charge in [-0.2, -0.15) is 0 Å². The van der Waals surface area contributed by atoms with Gasteiger partial charge < -0.3 is 4.74 Å². The van der Waals surface area contributed by atoms with Gasteiger partial charge in [0.15, 0.2) is 0 Å². The third kappa shape index (κ3) is 1.56. The van der Waals surface area contributed by atoms with Crippen LogP contribution in [0, 0.1) is 0 Å². The zero-order valence-electron chi connectivity index (χ0n) is 11.9. The summed E-state index contributed by atoms with van der Waals surface area (Å²) in [5.74, 6) is -0.595. The predicted molar refractivity (Wildman–Crippen MR) is 87.8 cm³/mol. The molecule has 0 atom stereocenters. The number of fused-ring (bicyclic) bond motifs is 3. The highest BCUT2D eigenvalue weighted by Gasteiger charge is 2.19. The standard InChI is InChI=1S/C19H12O3/c1-22-19(21)16-10-15-12-7-4-2-3-6-11(12)13-8-5-9-14(17(13)15)18(16)20/h2-10H,1H3. The highest BCUT2D eigenvalue weighted by atomic mass is 16.5. The molecule has 0 unspecified atom stereocenters. The maximum atomic E-state index is 12.6. The van der Waals surface area contributed by atoms with Crippen LogP contribution in [0.5, 0.6) is 0 Å². The summed E-state index contributed by atoms with van der Waals surface area (Å²) in [6.45, 7) is 0. The van der Waals surface area contributed by atoms with Gasteiger partial charge in [0.1, 0.15) is 5.56 Å². The Kier molecular flexibility index (Phi) is 2.63. The third-order valence-corrected chi connectivity index (χ3v) is 4.14. The van der Waals surface area contributed by atoms with Crippen molar-refractivity contribution in [1.82, 2.24) is 0 Å². The Hall–Kier alpha value is -2.94. The second-order valence-corrected chi connectivity index (χ2v) is 5.26. The molecule has 0 saturated carbocycles. The van der Waals surface area contributed by atoms with Gasteiger partial charge in [0.05, 0.1) is 7.11 Å². The van der Waals surface area contributed by atoms with Crippen molar-refractivity contribution < 1.29 is 9.53 Å². The van der Waals surface area contributed by atoms with E-state index in [9.17, 15) is 9.59 Å². The van der Waals surface area contributed by atoms with Crippen molar-refractivity contribution in [3.05, 3.63) is 70.4 Å². The van der Waals surface area contributed by atoms with E-state index >= 15 is 0 Å². The fraction of sp³-hybridized carbons (Fsp3) is 0.0526. The Labute approximate surface area is 126 Å². The van der Waals surface area contributed by atoms with E-state index in [1.807, 2.05) is 42.5 Å². The van der Waals surface area contributed by atoms with E-state index in [4.69, 9.17) is 4.74 Å². The molecule has 0 spiro atoms. The topological polar surface area (TPSA) is 43.4 Å². The lowest BCUT2D eigenvalue weighted by Crippen LogP contribution is -2.15. The minimum atomic E-state index is -0.595. The van der Waals surface area contributed by atoms with Crippen molar-refractivity contribution in [3.8, 4) is 0 Å². The number of carbonyl (C=O) groups is 1. The largest absolute Gasteiger partial charge is 0.465 e. The lowest BCUT2D eigenvalue weighted by Gasteiger charge is -2.02. The Balaban J connectivity index is 2.35. The van der Waals surface area contributed by atoms with Gasteiger partial charge >= 0.3 is 5.97 Å².